The molecule has 5 aliphatic rings. The number of benzene rings is 4. The number of aromatic hydroxyl groups is 1. The van der Waals surface area contributed by atoms with Crippen LogP contribution in [0.3, 0.4) is 0 Å². The summed E-state index contributed by atoms with van der Waals surface area (Å²) in [5.74, 6) is 0.508. The second kappa shape index (κ2) is 17.0. The number of rotatable bonds is 11. The fourth-order valence-electron chi connectivity index (χ4n) is 10.2. The van der Waals surface area contributed by atoms with Gasteiger partial charge in [-0.1, -0.05) is 48.5 Å². The van der Waals surface area contributed by atoms with Crippen molar-refractivity contribution in [3.05, 3.63) is 124 Å². The highest BCUT2D eigenvalue weighted by atomic mass is 16.5. The summed E-state index contributed by atoms with van der Waals surface area (Å²) in [5, 5.41) is 16.1. The lowest BCUT2D eigenvalue weighted by Gasteiger charge is -2.38. The summed E-state index contributed by atoms with van der Waals surface area (Å²) in [6.45, 7) is 6.76. The highest BCUT2D eigenvalue weighted by Gasteiger charge is 2.45. The Morgan fingerprint density at radius 2 is 1.54 bits per heavy atom. The summed E-state index contributed by atoms with van der Waals surface area (Å²) in [5.41, 5.74) is 6.55. The Morgan fingerprint density at radius 1 is 0.746 bits per heavy atom. The Hall–Kier alpha value is -5.52. The van der Waals surface area contributed by atoms with Crippen LogP contribution in [0.25, 0.3) is 0 Å². The fraction of sp³-hybridized carbons (Fsp3) is 0.417. The molecule has 4 aromatic rings. The largest absolute Gasteiger partial charge is 0.508 e. The van der Waals surface area contributed by atoms with Crippen LogP contribution in [0.5, 0.6) is 11.5 Å². The van der Waals surface area contributed by atoms with Gasteiger partial charge in [-0.05, 0) is 141 Å². The van der Waals surface area contributed by atoms with Crippen LogP contribution in [0.1, 0.15) is 99.8 Å². The van der Waals surface area contributed by atoms with Crippen LogP contribution in [-0.2, 0) is 16.0 Å². The highest BCUT2D eigenvalue weighted by Crippen LogP contribution is 2.47. The van der Waals surface area contributed by atoms with E-state index >= 15 is 0 Å². The number of fused-ring (bicyclic) bond motifs is 2. The van der Waals surface area contributed by atoms with Crippen molar-refractivity contribution >= 4 is 29.3 Å². The highest BCUT2D eigenvalue weighted by molar-refractivity contribution is 6.23. The average molecular weight is 796 g/mol. The predicted octanol–water partition coefficient (Wildman–Crippen LogP) is 6.32. The third kappa shape index (κ3) is 8.36. The molecule has 3 saturated heterocycles. The molecule has 11 nitrogen and oxygen atoms in total. The van der Waals surface area contributed by atoms with Crippen molar-refractivity contribution < 1.29 is 29.0 Å². The van der Waals surface area contributed by atoms with Gasteiger partial charge in [0, 0.05) is 43.7 Å². The first-order chi connectivity index (χ1) is 28.8. The molecule has 4 aliphatic heterocycles. The predicted molar refractivity (Wildman–Crippen MR) is 225 cm³/mol. The second-order valence-corrected chi connectivity index (χ2v) is 17.1. The Labute approximate surface area is 345 Å². The Kier molecular flexibility index (Phi) is 11.2. The van der Waals surface area contributed by atoms with Crippen LogP contribution in [0, 0.1) is 5.92 Å². The minimum atomic E-state index is -0.967. The molecule has 3 N–H and O–H groups in total. The third-order valence-corrected chi connectivity index (χ3v) is 13.3. The van der Waals surface area contributed by atoms with E-state index in [0.29, 0.717) is 35.3 Å². The number of amides is 4. The molecule has 0 spiro atoms. The number of anilines is 1. The van der Waals surface area contributed by atoms with Gasteiger partial charge in [0.1, 0.15) is 24.1 Å². The number of imide groups is 2. The van der Waals surface area contributed by atoms with E-state index in [1.165, 1.54) is 22.3 Å². The first-order valence-electron chi connectivity index (χ1n) is 21.4. The van der Waals surface area contributed by atoms with Gasteiger partial charge in [0.2, 0.25) is 11.8 Å². The van der Waals surface area contributed by atoms with E-state index in [2.05, 4.69) is 81.1 Å². The maximum Gasteiger partial charge on any atom is 0.262 e. The molecule has 4 aromatic carbocycles. The molecule has 59 heavy (non-hydrogen) atoms. The molecule has 306 valence electrons. The number of aryl methyl sites for hydroxylation is 1. The van der Waals surface area contributed by atoms with Crippen molar-refractivity contribution in [1.82, 2.24) is 20.0 Å². The number of carbonyl (C=O) groups excluding carboxylic acids is 4. The van der Waals surface area contributed by atoms with Crippen molar-refractivity contribution in [2.45, 2.75) is 75.3 Å². The average Bonchev–Trinajstić information content (AvgIpc) is 3.49. The summed E-state index contributed by atoms with van der Waals surface area (Å²) >= 11 is 0. The van der Waals surface area contributed by atoms with Crippen LogP contribution < -0.4 is 15.4 Å². The number of ether oxygens (including phenoxy) is 1. The van der Waals surface area contributed by atoms with Gasteiger partial charge in [-0.3, -0.25) is 34.3 Å². The van der Waals surface area contributed by atoms with E-state index in [-0.39, 0.29) is 30.7 Å². The van der Waals surface area contributed by atoms with Gasteiger partial charge in [-0.2, -0.15) is 0 Å². The summed E-state index contributed by atoms with van der Waals surface area (Å²) < 4.78 is 6.28. The SMILES string of the molecule is O=C1CCC(N2C(=O)c3ccc(N[C@@H]4CCCN(CC5CCN(CCOc6ccc([C@@H]7c8ccc(O)cc8CC[C@@H]7c7ccccc7)cc6)CC5)C4)cc3C2=O)C(=O)N1. The number of phenols is 1. The molecule has 4 heterocycles. The zero-order valence-corrected chi connectivity index (χ0v) is 33.5. The molecular formula is C48H53N5O6. The molecular weight excluding hydrogens is 743 g/mol. The van der Waals surface area contributed by atoms with Crippen molar-refractivity contribution in [3.63, 3.8) is 0 Å². The van der Waals surface area contributed by atoms with Crippen molar-refractivity contribution in [1.29, 1.82) is 0 Å². The normalized spacial score (nSPS) is 24.1. The summed E-state index contributed by atoms with van der Waals surface area (Å²) in [6.07, 6.45) is 6.68. The molecule has 11 heteroatoms. The van der Waals surface area contributed by atoms with Gasteiger partial charge >= 0.3 is 0 Å². The number of nitrogens with one attached hydrogen (secondary N) is 2. The first-order valence-corrected chi connectivity index (χ1v) is 21.4. The monoisotopic (exact) mass is 795 g/mol. The topological polar surface area (TPSA) is 132 Å². The number of carbonyl (C=O) groups is 4. The van der Waals surface area contributed by atoms with Gasteiger partial charge in [0.15, 0.2) is 0 Å². The maximum atomic E-state index is 13.3. The number of hydrogen-bond donors (Lipinski definition) is 3. The minimum Gasteiger partial charge on any atom is -0.508 e. The maximum absolute atomic E-state index is 13.3. The number of nitrogens with zero attached hydrogens (tertiary/aromatic N) is 3. The summed E-state index contributed by atoms with van der Waals surface area (Å²) in [4.78, 5) is 56.7. The molecule has 0 bridgehead atoms. The molecule has 0 radical (unpaired) electrons. The summed E-state index contributed by atoms with van der Waals surface area (Å²) in [6, 6.07) is 29.8. The zero-order valence-electron chi connectivity index (χ0n) is 33.5. The lowest BCUT2D eigenvalue weighted by atomic mass is 9.69. The Bertz CT molecular complexity index is 2200. The van der Waals surface area contributed by atoms with Crippen LogP contribution in [0.2, 0.25) is 0 Å². The van der Waals surface area contributed by atoms with E-state index in [9.17, 15) is 24.3 Å². The van der Waals surface area contributed by atoms with Gasteiger partial charge in [-0.25, -0.2) is 0 Å². The molecule has 4 amide bonds. The fourth-order valence-corrected chi connectivity index (χ4v) is 10.2. The second-order valence-electron chi connectivity index (χ2n) is 17.1. The van der Waals surface area contributed by atoms with Gasteiger partial charge in [0.05, 0.1) is 11.1 Å². The molecule has 9 rings (SSSR count). The number of hydrogen-bond acceptors (Lipinski definition) is 9. The number of likely N-dealkylation sites (tertiary alicyclic amines) is 2. The summed E-state index contributed by atoms with van der Waals surface area (Å²) in [7, 11) is 0. The first kappa shape index (κ1) is 39.0. The standard InChI is InChI=1S/C48H53N5O6/c54-37-12-17-40-34(27-37)10-15-39(32-5-2-1-3-6-32)45(40)33-8-13-38(14-9-33)59-26-25-51-23-20-31(21-24-51)29-52-22-4-7-36(30-52)49-35-11-16-41-42(28-35)48(58)53(47(41)57)43-18-19-44(55)50-46(43)56/h1-3,5-6,8-9,11-14,16-17,27-28,31,36,39,43,45,49,54H,4,7,10,15,18-26,29-30H2,(H,50,55,56)/t36-,39-,43?,45+/m1/s1. The molecule has 3 fully saturated rings. The van der Waals surface area contributed by atoms with Crippen molar-refractivity contribution in [3.8, 4) is 11.5 Å². The van der Waals surface area contributed by atoms with Crippen molar-refractivity contribution in [2.24, 2.45) is 5.92 Å². The van der Waals surface area contributed by atoms with E-state index < -0.39 is 23.8 Å². The third-order valence-electron chi connectivity index (χ3n) is 13.3. The van der Waals surface area contributed by atoms with Gasteiger partial charge in [-0.15, -0.1) is 0 Å². The van der Waals surface area contributed by atoms with Gasteiger partial charge < -0.3 is 20.1 Å². The zero-order chi connectivity index (χ0) is 40.5. The van der Waals surface area contributed by atoms with E-state index in [1.807, 2.05) is 18.2 Å². The van der Waals surface area contributed by atoms with Crippen LogP contribution in [0.15, 0.2) is 91.0 Å². The number of piperidine rings is 3. The quantitative estimate of drug-likeness (QED) is 0.149. The Balaban J connectivity index is 0.730. The minimum absolute atomic E-state index is 0.0990. The van der Waals surface area contributed by atoms with Crippen molar-refractivity contribution in [2.75, 3.05) is 51.2 Å². The van der Waals surface area contributed by atoms with Crippen LogP contribution >= 0.6 is 0 Å². The van der Waals surface area contributed by atoms with E-state index in [0.717, 1.165) is 94.1 Å². The molecule has 0 aromatic heterocycles. The molecule has 1 unspecified atom stereocenters. The Morgan fingerprint density at radius 3 is 2.34 bits per heavy atom. The van der Waals surface area contributed by atoms with Crippen LogP contribution in [0.4, 0.5) is 5.69 Å². The smallest absolute Gasteiger partial charge is 0.262 e. The molecule has 4 atom stereocenters. The van der Waals surface area contributed by atoms with E-state index in [1.54, 1.807) is 12.1 Å². The number of phenolic OH excluding ortho intramolecular Hbond substituents is 1. The molecule has 0 saturated carbocycles. The molecule has 1 aliphatic carbocycles. The van der Waals surface area contributed by atoms with Gasteiger partial charge in [0.25, 0.3) is 11.8 Å². The lowest BCUT2D eigenvalue weighted by molar-refractivity contribution is -0.136. The lowest BCUT2D eigenvalue weighted by Crippen LogP contribution is -2.54. The van der Waals surface area contributed by atoms with E-state index in [4.69, 9.17) is 4.74 Å². The van der Waals surface area contributed by atoms with Crippen LogP contribution in [-0.4, -0.2) is 101 Å².